The Kier molecular flexibility index (Phi) is 6.37. The van der Waals surface area contributed by atoms with Gasteiger partial charge in [0.15, 0.2) is 0 Å². The van der Waals surface area contributed by atoms with Crippen molar-refractivity contribution in [1.29, 1.82) is 0 Å². The van der Waals surface area contributed by atoms with Gasteiger partial charge in [-0.15, -0.1) is 0 Å². The highest BCUT2D eigenvalue weighted by Gasteiger charge is 2.14. The van der Waals surface area contributed by atoms with E-state index in [1.807, 2.05) is 26.0 Å². The van der Waals surface area contributed by atoms with E-state index in [0.29, 0.717) is 12.1 Å². The maximum atomic E-state index is 12.2. The number of aryl methyl sites for hydroxylation is 1. The first kappa shape index (κ1) is 18.0. The number of amides is 1. The summed E-state index contributed by atoms with van der Waals surface area (Å²) in [5, 5.41) is 3.47. The first-order valence-electron chi connectivity index (χ1n) is 7.54. The second kappa shape index (κ2) is 8.49. The molecule has 1 unspecified atom stereocenters. The van der Waals surface area contributed by atoms with Crippen LogP contribution in [0, 0.1) is 6.92 Å². The standard InChI is InChI=1S/C18H20N2O3S/c1-12-4-9-16(19-10-12)24-13(2)17(21)20-11-14-5-7-15(8-6-14)18(22)23-3/h4-10,13H,11H2,1-3H3,(H,20,21). The van der Waals surface area contributed by atoms with Crippen molar-refractivity contribution in [3.8, 4) is 0 Å². The van der Waals surface area contributed by atoms with E-state index in [4.69, 9.17) is 0 Å². The lowest BCUT2D eigenvalue weighted by molar-refractivity contribution is -0.120. The van der Waals surface area contributed by atoms with Crippen LogP contribution in [0.1, 0.15) is 28.4 Å². The van der Waals surface area contributed by atoms with Crippen molar-refractivity contribution in [2.75, 3.05) is 7.11 Å². The second-order valence-electron chi connectivity index (χ2n) is 5.34. The van der Waals surface area contributed by atoms with Crippen LogP contribution in [0.15, 0.2) is 47.6 Å². The van der Waals surface area contributed by atoms with E-state index in [1.54, 1.807) is 30.5 Å². The minimum atomic E-state index is -0.374. The molecule has 1 amide bonds. The molecule has 1 atom stereocenters. The topological polar surface area (TPSA) is 68.3 Å². The number of ether oxygens (including phenoxy) is 1. The Hall–Kier alpha value is -2.34. The first-order valence-corrected chi connectivity index (χ1v) is 8.42. The number of esters is 1. The number of pyridine rings is 1. The lowest BCUT2D eigenvalue weighted by Gasteiger charge is -2.12. The van der Waals surface area contributed by atoms with Crippen molar-refractivity contribution in [2.24, 2.45) is 0 Å². The predicted octanol–water partition coefficient (Wildman–Crippen LogP) is 2.97. The van der Waals surface area contributed by atoms with E-state index >= 15 is 0 Å². The molecule has 0 saturated carbocycles. The molecular weight excluding hydrogens is 324 g/mol. The van der Waals surface area contributed by atoms with Gasteiger partial charge in [0.25, 0.3) is 0 Å². The van der Waals surface area contributed by atoms with Gasteiger partial charge in [0.2, 0.25) is 5.91 Å². The fourth-order valence-electron chi connectivity index (χ4n) is 1.97. The molecule has 0 bridgehead atoms. The molecule has 0 aliphatic carbocycles. The lowest BCUT2D eigenvalue weighted by atomic mass is 10.1. The van der Waals surface area contributed by atoms with E-state index in [1.165, 1.54) is 18.9 Å². The fourth-order valence-corrected chi connectivity index (χ4v) is 2.78. The van der Waals surface area contributed by atoms with Gasteiger partial charge in [-0.1, -0.05) is 30.0 Å². The van der Waals surface area contributed by atoms with Gasteiger partial charge >= 0.3 is 5.97 Å². The number of carbonyl (C=O) groups excluding carboxylic acids is 2. The molecule has 2 aromatic rings. The number of benzene rings is 1. The van der Waals surface area contributed by atoms with Crippen molar-refractivity contribution < 1.29 is 14.3 Å². The summed E-state index contributed by atoms with van der Waals surface area (Å²) in [5.41, 5.74) is 2.50. The number of hydrogen-bond donors (Lipinski definition) is 1. The fraction of sp³-hybridized carbons (Fsp3) is 0.278. The zero-order chi connectivity index (χ0) is 17.5. The van der Waals surface area contributed by atoms with E-state index in [-0.39, 0.29) is 17.1 Å². The van der Waals surface area contributed by atoms with Crippen molar-refractivity contribution in [2.45, 2.75) is 30.7 Å². The molecule has 5 nitrogen and oxygen atoms in total. The zero-order valence-corrected chi connectivity index (χ0v) is 14.7. The molecule has 0 saturated heterocycles. The number of nitrogens with zero attached hydrogens (tertiary/aromatic N) is 1. The minimum absolute atomic E-state index is 0.0561. The summed E-state index contributed by atoms with van der Waals surface area (Å²) in [6.45, 7) is 4.23. The Morgan fingerprint density at radius 1 is 1.21 bits per heavy atom. The maximum absolute atomic E-state index is 12.2. The van der Waals surface area contributed by atoms with Crippen LogP contribution in [0.5, 0.6) is 0 Å². The van der Waals surface area contributed by atoms with E-state index in [2.05, 4.69) is 15.0 Å². The van der Waals surface area contributed by atoms with Gasteiger partial charge in [-0.25, -0.2) is 9.78 Å². The van der Waals surface area contributed by atoms with Crippen LogP contribution in [0.2, 0.25) is 0 Å². The average molecular weight is 344 g/mol. The van der Waals surface area contributed by atoms with Gasteiger partial charge in [0, 0.05) is 12.7 Å². The van der Waals surface area contributed by atoms with Crippen LogP contribution in [-0.4, -0.2) is 29.2 Å². The smallest absolute Gasteiger partial charge is 0.337 e. The summed E-state index contributed by atoms with van der Waals surface area (Å²) in [4.78, 5) is 27.8. The summed E-state index contributed by atoms with van der Waals surface area (Å²) in [6, 6.07) is 10.8. The molecular formula is C18H20N2O3S. The van der Waals surface area contributed by atoms with Crippen molar-refractivity contribution in [3.05, 3.63) is 59.3 Å². The summed E-state index contributed by atoms with van der Waals surface area (Å²) in [7, 11) is 1.35. The van der Waals surface area contributed by atoms with E-state index in [0.717, 1.165) is 16.2 Å². The highest BCUT2D eigenvalue weighted by molar-refractivity contribution is 8.00. The van der Waals surface area contributed by atoms with Crippen molar-refractivity contribution >= 4 is 23.6 Å². The lowest BCUT2D eigenvalue weighted by Crippen LogP contribution is -2.30. The Bertz CT molecular complexity index is 699. The van der Waals surface area contributed by atoms with E-state index in [9.17, 15) is 9.59 Å². The van der Waals surface area contributed by atoms with Gasteiger partial charge in [0.1, 0.15) is 0 Å². The molecule has 1 aromatic carbocycles. The van der Waals surface area contributed by atoms with Crippen LogP contribution in [0.25, 0.3) is 0 Å². The van der Waals surface area contributed by atoms with Crippen LogP contribution < -0.4 is 5.32 Å². The summed E-state index contributed by atoms with van der Waals surface area (Å²) in [6.07, 6.45) is 1.79. The maximum Gasteiger partial charge on any atom is 0.337 e. The summed E-state index contributed by atoms with van der Waals surface area (Å²) < 4.78 is 4.65. The molecule has 0 aliphatic rings. The van der Waals surface area contributed by atoms with Gasteiger partial charge < -0.3 is 10.1 Å². The average Bonchev–Trinajstić information content (AvgIpc) is 2.61. The van der Waals surface area contributed by atoms with Crippen LogP contribution in [0.4, 0.5) is 0 Å². The Labute approximate surface area is 145 Å². The third kappa shape index (κ3) is 5.09. The largest absolute Gasteiger partial charge is 0.465 e. The van der Waals surface area contributed by atoms with Crippen molar-refractivity contribution in [1.82, 2.24) is 10.3 Å². The first-order chi connectivity index (χ1) is 11.5. The minimum Gasteiger partial charge on any atom is -0.465 e. The summed E-state index contributed by atoms with van der Waals surface area (Å²) in [5.74, 6) is -0.430. The predicted molar refractivity (Wildman–Crippen MR) is 93.9 cm³/mol. The molecule has 2 rings (SSSR count). The third-order valence-corrected chi connectivity index (χ3v) is 4.44. The number of thioether (sulfide) groups is 1. The number of rotatable bonds is 6. The van der Waals surface area contributed by atoms with Crippen LogP contribution in [-0.2, 0) is 16.1 Å². The quantitative estimate of drug-likeness (QED) is 0.644. The molecule has 0 spiro atoms. The Balaban J connectivity index is 1.85. The molecule has 126 valence electrons. The molecule has 1 N–H and O–H groups in total. The number of carbonyl (C=O) groups is 2. The highest BCUT2D eigenvalue weighted by Crippen LogP contribution is 2.21. The monoisotopic (exact) mass is 344 g/mol. The Morgan fingerprint density at radius 3 is 2.50 bits per heavy atom. The van der Waals surface area contributed by atoms with Gasteiger partial charge in [-0.05, 0) is 43.2 Å². The van der Waals surface area contributed by atoms with Crippen molar-refractivity contribution in [3.63, 3.8) is 0 Å². The molecule has 24 heavy (non-hydrogen) atoms. The molecule has 0 aliphatic heterocycles. The molecule has 0 fully saturated rings. The number of aromatic nitrogens is 1. The number of hydrogen-bond acceptors (Lipinski definition) is 5. The molecule has 0 radical (unpaired) electrons. The summed E-state index contributed by atoms with van der Waals surface area (Å²) >= 11 is 1.42. The molecule has 6 heteroatoms. The number of nitrogens with one attached hydrogen (secondary N) is 1. The Morgan fingerprint density at radius 2 is 1.92 bits per heavy atom. The molecule has 1 heterocycles. The molecule has 1 aromatic heterocycles. The van der Waals surface area contributed by atoms with Gasteiger partial charge in [-0.3, -0.25) is 4.79 Å². The van der Waals surface area contributed by atoms with Gasteiger partial charge in [0.05, 0.1) is 22.9 Å². The van der Waals surface area contributed by atoms with Crippen LogP contribution >= 0.6 is 11.8 Å². The third-order valence-electron chi connectivity index (χ3n) is 3.39. The zero-order valence-electron chi connectivity index (χ0n) is 13.9. The SMILES string of the molecule is COC(=O)c1ccc(CNC(=O)C(C)Sc2ccc(C)cn2)cc1. The number of methoxy groups -OCH3 is 1. The van der Waals surface area contributed by atoms with Gasteiger partial charge in [-0.2, -0.15) is 0 Å². The second-order valence-corrected chi connectivity index (χ2v) is 6.70. The highest BCUT2D eigenvalue weighted by atomic mass is 32.2. The van der Waals surface area contributed by atoms with Crippen LogP contribution in [0.3, 0.4) is 0 Å². The normalized spacial score (nSPS) is 11.6. The van der Waals surface area contributed by atoms with E-state index < -0.39 is 0 Å².